The molecule has 1 aromatic heterocycles. The molecule has 0 atom stereocenters. The highest BCUT2D eigenvalue weighted by atomic mass is 79.9. The molecule has 2 aromatic rings. The highest BCUT2D eigenvalue weighted by Gasteiger charge is 2.19. The second-order valence-electron chi connectivity index (χ2n) is 5.87. The number of carbonyl (C=O) groups excluding carboxylic acids is 2. The molecule has 0 spiro atoms. The van der Waals surface area contributed by atoms with Crippen LogP contribution in [0.5, 0.6) is 0 Å². The maximum absolute atomic E-state index is 13.5. The topological polar surface area (TPSA) is 67.4 Å². The molecule has 1 heterocycles. The van der Waals surface area contributed by atoms with Crippen molar-refractivity contribution >= 4 is 50.6 Å². The minimum Gasteiger partial charge on any atom is -0.444 e. The van der Waals surface area contributed by atoms with Gasteiger partial charge in [-0.2, -0.15) is 0 Å². The second kappa shape index (κ2) is 7.31. The molecule has 1 aromatic carbocycles. The van der Waals surface area contributed by atoms with Gasteiger partial charge in [-0.25, -0.2) is 9.18 Å². The van der Waals surface area contributed by atoms with Gasteiger partial charge in [-0.15, -0.1) is 11.3 Å². The van der Waals surface area contributed by atoms with Crippen molar-refractivity contribution in [1.82, 2.24) is 0 Å². The second-order valence-corrected chi connectivity index (χ2v) is 7.64. The van der Waals surface area contributed by atoms with Gasteiger partial charge in [-0.3, -0.25) is 10.1 Å². The number of thiophene rings is 1. The zero-order valence-electron chi connectivity index (χ0n) is 13.3. The van der Waals surface area contributed by atoms with Gasteiger partial charge in [0.05, 0.1) is 11.4 Å². The molecule has 24 heavy (non-hydrogen) atoms. The number of carbonyl (C=O) groups is 2. The molecule has 8 heteroatoms. The Balaban J connectivity index is 2.20. The number of amides is 2. The van der Waals surface area contributed by atoms with E-state index in [9.17, 15) is 14.0 Å². The predicted molar refractivity (Wildman–Crippen MR) is 96.2 cm³/mol. The predicted octanol–water partition coefficient (Wildman–Crippen LogP) is 5.25. The molecule has 5 nitrogen and oxygen atoms in total. The van der Waals surface area contributed by atoms with Gasteiger partial charge in [0.2, 0.25) is 0 Å². The van der Waals surface area contributed by atoms with Crippen molar-refractivity contribution < 1.29 is 18.7 Å². The van der Waals surface area contributed by atoms with E-state index >= 15 is 0 Å². The Hall–Kier alpha value is -1.93. The van der Waals surface area contributed by atoms with Crippen LogP contribution in [-0.2, 0) is 4.74 Å². The lowest BCUT2D eigenvalue weighted by molar-refractivity contribution is 0.0635. The Labute approximate surface area is 151 Å². The minimum atomic E-state index is -0.693. The summed E-state index contributed by atoms with van der Waals surface area (Å²) in [5.74, 6) is -0.944. The van der Waals surface area contributed by atoms with Gasteiger partial charge in [-0.1, -0.05) is 0 Å². The molecule has 128 valence electrons. The normalized spacial score (nSPS) is 11.0. The lowest BCUT2D eigenvalue weighted by Gasteiger charge is -2.20. The van der Waals surface area contributed by atoms with Crippen LogP contribution in [0, 0.1) is 5.82 Å². The quantitative estimate of drug-likeness (QED) is 0.720. The fourth-order valence-corrected chi connectivity index (χ4v) is 3.22. The number of hydrogen-bond acceptors (Lipinski definition) is 4. The number of ether oxygens (including phenoxy) is 1. The Bertz CT molecular complexity index is 771. The van der Waals surface area contributed by atoms with Crippen LogP contribution in [0.2, 0.25) is 0 Å². The maximum Gasteiger partial charge on any atom is 0.412 e. The van der Waals surface area contributed by atoms with E-state index in [0.29, 0.717) is 9.35 Å². The molecule has 0 aliphatic heterocycles. The van der Waals surface area contributed by atoms with Gasteiger partial charge < -0.3 is 10.1 Å². The van der Waals surface area contributed by atoms with E-state index in [1.165, 1.54) is 23.5 Å². The third-order valence-electron chi connectivity index (χ3n) is 2.69. The van der Waals surface area contributed by atoms with E-state index in [4.69, 9.17) is 4.74 Å². The van der Waals surface area contributed by atoms with Crippen molar-refractivity contribution in [3.63, 3.8) is 0 Å². The molecule has 2 rings (SSSR count). The van der Waals surface area contributed by atoms with E-state index < -0.39 is 23.4 Å². The zero-order chi connectivity index (χ0) is 17.9. The van der Waals surface area contributed by atoms with Gasteiger partial charge in [0.15, 0.2) is 0 Å². The van der Waals surface area contributed by atoms with Crippen LogP contribution in [0.15, 0.2) is 34.1 Å². The van der Waals surface area contributed by atoms with Crippen molar-refractivity contribution in [2.75, 3.05) is 10.6 Å². The molecule has 0 radical (unpaired) electrons. The molecule has 0 bridgehead atoms. The summed E-state index contributed by atoms with van der Waals surface area (Å²) in [6, 6.07) is 5.42. The maximum atomic E-state index is 13.5. The molecule has 0 saturated carbocycles. The average molecular weight is 415 g/mol. The fourth-order valence-electron chi connectivity index (χ4n) is 1.78. The summed E-state index contributed by atoms with van der Waals surface area (Å²) >= 11 is 4.52. The molecule has 0 unspecified atom stereocenters. The van der Waals surface area contributed by atoms with Crippen LogP contribution in [-0.4, -0.2) is 17.6 Å². The van der Waals surface area contributed by atoms with Crippen LogP contribution >= 0.6 is 27.3 Å². The number of rotatable bonds is 3. The van der Waals surface area contributed by atoms with Crippen molar-refractivity contribution in [2.45, 2.75) is 26.4 Å². The van der Waals surface area contributed by atoms with Crippen LogP contribution in [0.25, 0.3) is 0 Å². The standard InChI is InChI=1S/C16H16BrFN2O3S/c1-16(2,3)23-15(22)20-11-5-4-9(18)8-12(11)19-14(21)13-10(17)6-7-24-13/h4-8H,1-3H3,(H,19,21)(H,20,22). The molecule has 2 N–H and O–H groups in total. The summed E-state index contributed by atoms with van der Waals surface area (Å²) in [6.07, 6.45) is -0.693. The number of anilines is 2. The van der Waals surface area contributed by atoms with Gasteiger partial charge in [0.1, 0.15) is 16.3 Å². The van der Waals surface area contributed by atoms with Crippen molar-refractivity contribution in [2.24, 2.45) is 0 Å². The van der Waals surface area contributed by atoms with Crippen molar-refractivity contribution in [3.05, 3.63) is 44.8 Å². The largest absolute Gasteiger partial charge is 0.444 e. The van der Waals surface area contributed by atoms with Crippen LogP contribution < -0.4 is 10.6 Å². The van der Waals surface area contributed by atoms with Crippen LogP contribution in [0.3, 0.4) is 0 Å². The van der Waals surface area contributed by atoms with Gasteiger partial charge in [-0.05, 0) is 66.3 Å². The molecule has 2 amide bonds. The van der Waals surface area contributed by atoms with Crippen LogP contribution in [0.4, 0.5) is 20.6 Å². The molecular formula is C16H16BrFN2O3S. The summed E-state index contributed by atoms with van der Waals surface area (Å²) in [4.78, 5) is 24.6. The summed E-state index contributed by atoms with van der Waals surface area (Å²) in [5, 5.41) is 6.86. The van der Waals surface area contributed by atoms with Crippen molar-refractivity contribution in [3.8, 4) is 0 Å². The van der Waals surface area contributed by atoms with Gasteiger partial charge in [0.25, 0.3) is 5.91 Å². The Morgan fingerprint density at radius 1 is 1.17 bits per heavy atom. The van der Waals surface area contributed by atoms with Crippen LogP contribution in [0.1, 0.15) is 30.4 Å². The average Bonchev–Trinajstić information content (AvgIpc) is 2.86. The molecule has 0 saturated heterocycles. The Kier molecular flexibility index (Phi) is 5.61. The van der Waals surface area contributed by atoms with E-state index in [0.717, 1.165) is 6.07 Å². The van der Waals surface area contributed by atoms with E-state index in [1.54, 1.807) is 32.2 Å². The SMILES string of the molecule is CC(C)(C)OC(=O)Nc1ccc(F)cc1NC(=O)c1sccc1Br. The monoisotopic (exact) mass is 414 g/mol. The third kappa shape index (κ3) is 5.04. The summed E-state index contributed by atoms with van der Waals surface area (Å²) < 4.78 is 19.3. The van der Waals surface area contributed by atoms with E-state index in [-0.39, 0.29) is 11.4 Å². The summed E-state index contributed by atoms with van der Waals surface area (Å²) in [7, 11) is 0. The molecule has 0 aliphatic carbocycles. The lowest BCUT2D eigenvalue weighted by atomic mass is 10.2. The first-order valence-corrected chi connectivity index (χ1v) is 8.67. The molecule has 0 fully saturated rings. The Morgan fingerprint density at radius 2 is 1.88 bits per heavy atom. The molecular weight excluding hydrogens is 399 g/mol. The number of hydrogen-bond donors (Lipinski definition) is 2. The summed E-state index contributed by atoms with van der Waals surface area (Å²) in [5.41, 5.74) is -0.284. The highest BCUT2D eigenvalue weighted by molar-refractivity contribution is 9.10. The highest BCUT2D eigenvalue weighted by Crippen LogP contribution is 2.27. The Morgan fingerprint density at radius 3 is 2.46 bits per heavy atom. The first-order valence-electron chi connectivity index (χ1n) is 6.99. The molecule has 0 aliphatic rings. The van der Waals surface area contributed by atoms with Gasteiger partial charge >= 0.3 is 6.09 Å². The first kappa shape index (κ1) is 18.4. The van der Waals surface area contributed by atoms with E-state index in [2.05, 4.69) is 26.6 Å². The zero-order valence-corrected chi connectivity index (χ0v) is 15.7. The number of benzene rings is 1. The number of nitrogens with one attached hydrogen (secondary N) is 2. The summed E-state index contributed by atoms with van der Waals surface area (Å²) in [6.45, 7) is 5.19. The minimum absolute atomic E-state index is 0.145. The number of halogens is 2. The van der Waals surface area contributed by atoms with Crippen molar-refractivity contribution in [1.29, 1.82) is 0 Å². The fraction of sp³-hybridized carbons (Fsp3) is 0.250. The first-order chi connectivity index (χ1) is 11.2. The smallest absolute Gasteiger partial charge is 0.412 e. The van der Waals surface area contributed by atoms with E-state index in [1.807, 2.05) is 0 Å². The third-order valence-corrected chi connectivity index (χ3v) is 4.53. The lowest BCUT2D eigenvalue weighted by Crippen LogP contribution is -2.27. The van der Waals surface area contributed by atoms with Gasteiger partial charge in [0, 0.05) is 4.47 Å².